The van der Waals surface area contributed by atoms with Crippen LogP contribution in [-0.2, 0) is 4.79 Å². The van der Waals surface area contributed by atoms with Crippen LogP contribution in [-0.4, -0.2) is 31.5 Å². The fourth-order valence-corrected chi connectivity index (χ4v) is 3.25. The molecule has 0 radical (unpaired) electrons. The normalized spacial score (nSPS) is 13.9. The number of carbonyl (C=O) groups excluding carboxylic acids is 2. The van der Waals surface area contributed by atoms with Crippen molar-refractivity contribution < 1.29 is 14.3 Å². The summed E-state index contributed by atoms with van der Waals surface area (Å²) in [4.78, 5) is 26.2. The van der Waals surface area contributed by atoms with Crippen LogP contribution in [0.2, 0.25) is 10.0 Å². The Morgan fingerprint density at radius 3 is 2.73 bits per heavy atom. The van der Waals surface area contributed by atoms with Gasteiger partial charge in [-0.3, -0.25) is 9.59 Å². The second-order valence-electron chi connectivity index (χ2n) is 6.03. The van der Waals surface area contributed by atoms with Crippen molar-refractivity contribution in [3.8, 4) is 5.75 Å². The lowest BCUT2D eigenvalue weighted by atomic mass is 10.1. The molecule has 5 nitrogen and oxygen atoms in total. The molecule has 136 valence electrons. The molecular formula is C19H18Cl2N2O3. The van der Waals surface area contributed by atoms with Gasteiger partial charge < -0.3 is 15.0 Å². The van der Waals surface area contributed by atoms with Crippen LogP contribution in [0, 0.1) is 6.92 Å². The first-order valence-corrected chi connectivity index (χ1v) is 8.98. The molecule has 1 heterocycles. The molecule has 0 saturated carbocycles. The average molecular weight is 393 g/mol. The van der Waals surface area contributed by atoms with Gasteiger partial charge in [0.2, 0.25) is 5.91 Å². The molecule has 1 aliphatic rings. The van der Waals surface area contributed by atoms with Crippen molar-refractivity contribution in [2.45, 2.75) is 13.3 Å². The molecule has 0 saturated heterocycles. The van der Waals surface area contributed by atoms with Crippen molar-refractivity contribution in [2.24, 2.45) is 0 Å². The van der Waals surface area contributed by atoms with Gasteiger partial charge in [-0.05, 0) is 43.7 Å². The zero-order chi connectivity index (χ0) is 18.7. The molecule has 1 aliphatic heterocycles. The molecule has 0 aromatic heterocycles. The highest BCUT2D eigenvalue weighted by Crippen LogP contribution is 2.28. The number of halogens is 2. The average Bonchev–Trinajstić information content (AvgIpc) is 2.71. The second-order valence-corrected chi connectivity index (χ2v) is 6.87. The van der Waals surface area contributed by atoms with E-state index in [1.165, 1.54) is 0 Å². The minimum atomic E-state index is -0.233. The van der Waals surface area contributed by atoms with Crippen molar-refractivity contribution in [1.29, 1.82) is 0 Å². The molecule has 0 bridgehead atoms. The van der Waals surface area contributed by atoms with Crippen LogP contribution in [0.25, 0.3) is 0 Å². The minimum Gasteiger partial charge on any atom is -0.492 e. The third kappa shape index (κ3) is 4.11. The number of fused-ring (bicyclic) bond motifs is 1. The van der Waals surface area contributed by atoms with Gasteiger partial charge in [-0.15, -0.1) is 0 Å². The van der Waals surface area contributed by atoms with Crippen LogP contribution < -0.4 is 15.0 Å². The number of nitrogens with zero attached hydrogens (tertiary/aromatic N) is 1. The van der Waals surface area contributed by atoms with Gasteiger partial charge in [0.05, 0.1) is 29.4 Å². The number of aryl methyl sites for hydroxylation is 1. The van der Waals surface area contributed by atoms with Crippen molar-refractivity contribution >= 4 is 40.7 Å². The predicted molar refractivity (Wildman–Crippen MR) is 102 cm³/mol. The molecule has 3 rings (SSSR count). The number of ether oxygens (including phenoxy) is 1. The van der Waals surface area contributed by atoms with E-state index in [4.69, 9.17) is 27.9 Å². The second kappa shape index (κ2) is 7.98. The number of amides is 2. The monoisotopic (exact) mass is 392 g/mol. The lowest BCUT2D eigenvalue weighted by molar-refractivity contribution is -0.117. The van der Waals surface area contributed by atoms with Crippen molar-refractivity contribution in [3.63, 3.8) is 0 Å². The predicted octanol–water partition coefficient (Wildman–Crippen LogP) is 3.85. The fraction of sp³-hybridized carbons (Fsp3) is 0.263. The molecule has 2 aromatic rings. The van der Waals surface area contributed by atoms with E-state index in [1.807, 2.05) is 19.1 Å². The molecule has 1 N–H and O–H groups in total. The summed E-state index contributed by atoms with van der Waals surface area (Å²) in [6.07, 6.45) is 0.589. The topological polar surface area (TPSA) is 58.6 Å². The Balaban J connectivity index is 1.67. The highest BCUT2D eigenvalue weighted by atomic mass is 35.5. The van der Waals surface area contributed by atoms with Crippen LogP contribution in [0.5, 0.6) is 5.75 Å². The maximum atomic E-state index is 12.4. The lowest BCUT2D eigenvalue weighted by Crippen LogP contribution is -2.37. The van der Waals surface area contributed by atoms with Gasteiger partial charge in [0.25, 0.3) is 5.91 Å². The number of hydrogen-bond donors (Lipinski definition) is 1. The largest absolute Gasteiger partial charge is 0.492 e. The van der Waals surface area contributed by atoms with Crippen LogP contribution in [0.15, 0.2) is 36.4 Å². The molecule has 2 aromatic carbocycles. The van der Waals surface area contributed by atoms with Crippen molar-refractivity contribution in [2.75, 3.05) is 24.6 Å². The Labute approximate surface area is 161 Å². The standard InChI is InChI=1S/C19H18Cl2N2O3/c1-12-3-5-16-14(9-12)19(25)22-11-18(24)23(16)7-2-8-26-17-6-4-13(20)10-15(17)21/h3-6,9-10H,2,7-8,11H2,1H3,(H,22,25). The fourth-order valence-electron chi connectivity index (χ4n) is 2.79. The highest BCUT2D eigenvalue weighted by Gasteiger charge is 2.26. The van der Waals surface area contributed by atoms with E-state index in [0.717, 1.165) is 5.56 Å². The number of carbonyl (C=O) groups is 2. The van der Waals surface area contributed by atoms with Gasteiger partial charge in [-0.25, -0.2) is 0 Å². The highest BCUT2D eigenvalue weighted by molar-refractivity contribution is 6.35. The summed E-state index contributed by atoms with van der Waals surface area (Å²) in [5.74, 6) is 0.167. The van der Waals surface area contributed by atoms with E-state index in [9.17, 15) is 9.59 Å². The van der Waals surface area contributed by atoms with Gasteiger partial charge in [0, 0.05) is 11.6 Å². The third-order valence-corrected chi connectivity index (χ3v) is 4.60. The Kier molecular flexibility index (Phi) is 5.69. The molecule has 26 heavy (non-hydrogen) atoms. The summed E-state index contributed by atoms with van der Waals surface area (Å²) < 4.78 is 5.67. The molecule has 0 unspecified atom stereocenters. The summed E-state index contributed by atoms with van der Waals surface area (Å²) in [5.41, 5.74) is 2.10. The third-order valence-electron chi connectivity index (χ3n) is 4.07. The summed E-state index contributed by atoms with van der Waals surface area (Å²) in [5, 5.41) is 3.63. The smallest absolute Gasteiger partial charge is 0.253 e. The molecule has 0 spiro atoms. The van der Waals surface area contributed by atoms with Crippen LogP contribution >= 0.6 is 23.2 Å². The maximum Gasteiger partial charge on any atom is 0.253 e. The molecule has 7 heteroatoms. The van der Waals surface area contributed by atoms with Crippen LogP contribution in [0.4, 0.5) is 5.69 Å². The molecular weight excluding hydrogens is 375 g/mol. The van der Waals surface area contributed by atoms with Gasteiger partial charge in [0.15, 0.2) is 0 Å². The number of anilines is 1. The van der Waals surface area contributed by atoms with Crippen molar-refractivity contribution in [3.05, 3.63) is 57.6 Å². The molecule has 0 fully saturated rings. The van der Waals surface area contributed by atoms with Crippen LogP contribution in [0.3, 0.4) is 0 Å². The van der Waals surface area contributed by atoms with E-state index in [2.05, 4.69) is 5.32 Å². The zero-order valence-electron chi connectivity index (χ0n) is 14.2. The summed E-state index contributed by atoms with van der Waals surface area (Å²) in [6.45, 7) is 2.72. The number of nitrogens with one attached hydrogen (secondary N) is 1. The Morgan fingerprint density at radius 2 is 1.96 bits per heavy atom. The Hall–Kier alpha value is -2.24. The number of hydrogen-bond acceptors (Lipinski definition) is 3. The Morgan fingerprint density at radius 1 is 1.15 bits per heavy atom. The van der Waals surface area contributed by atoms with E-state index >= 15 is 0 Å². The number of rotatable bonds is 5. The first-order chi connectivity index (χ1) is 12.5. The van der Waals surface area contributed by atoms with Gasteiger partial charge in [0.1, 0.15) is 5.75 Å². The summed E-state index contributed by atoms with van der Waals surface area (Å²) >= 11 is 11.9. The van der Waals surface area contributed by atoms with E-state index in [0.29, 0.717) is 46.6 Å². The van der Waals surface area contributed by atoms with Crippen LogP contribution in [0.1, 0.15) is 22.3 Å². The molecule has 0 aliphatic carbocycles. The molecule has 2 amide bonds. The maximum absolute atomic E-state index is 12.4. The van der Waals surface area contributed by atoms with Gasteiger partial charge >= 0.3 is 0 Å². The van der Waals surface area contributed by atoms with Gasteiger partial charge in [-0.1, -0.05) is 34.8 Å². The minimum absolute atomic E-state index is 0.0174. The molecule has 0 atom stereocenters. The first kappa shape index (κ1) is 18.5. The summed E-state index contributed by atoms with van der Waals surface area (Å²) in [7, 11) is 0. The van der Waals surface area contributed by atoms with E-state index < -0.39 is 0 Å². The SMILES string of the molecule is Cc1ccc2c(c1)C(=O)NCC(=O)N2CCCOc1ccc(Cl)cc1Cl. The summed E-state index contributed by atoms with van der Waals surface area (Å²) in [6, 6.07) is 10.5. The van der Waals surface area contributed by atoms with E-state index in [-0.39, 0.29) is 18.4 Å². The lowest BCUT2D eigenvalue weighted by Gasteiger charge is -2.22. The van der Waals surface area contributed by atoms with Gasteiger partial charge in [-0.2, -0.15) is 0 Å². The quantitative estimate of drug-likeness (QED) is 0.786. The zero-order valence-corrected chi connectivity index (χ0v) is 15.7. The Bertz CT molecular complexity index is 855. The first-order valence-electron chi connectivity index (χ1n) is 8.23. The van der Waals surface area contributed by atoms with Crippen molar-refractivity contribution in [1.82, 2.24) is 5.32 Å². The van der Waals surface area contributed by atoms with E-state index in [1.54, 1.807) is 29.2 Å². The number of benzene rings is 2.